The van der Waals surface area contributed by atoms with Crippen LogP contribution in [0.5, 0.6) is 0 Å². The molecular formula is C34H36F3N5O2. The number of piperazine rings is 1. The molecule has 2 aromatic heterocycles. The summed E-state index contributed by atoms with van der Waals surface area (Å²) >= 11 is 0. The van der Waals surface area contributed by atoms with E-state index in [2.05, 4.69) is 32.0 Å². The molecule has 0 bridgehead atoms. The van der Waals surface area contributed by atoms with Gasteiger partial charge in [-0.25, -0.2) is 18.2 Å². The Kier molecular flexibility index (Phi) is 9.95. The van der Waals surface area contributed by atoms with Gasteiger partial charge in [0, 0.05) is 61.2 Å². The van der Waals surface area contributed by atoms with Gasteiger partial charge in [-0.3, -0.25) is 19.5 Å². The minimum absolute atomic E-state index is 0.0129. The predicted octanol–water partition coefficient (Wildman–Crippen LogP) is 4.96. The normalized spacial score (nSPS) is 20.4. The van der Waals surface area contributed by atoms with E-state index in [1.165, 1.54) is 18.2 Å². The topological polar surface area (TPSA) is 78.4 Å². The predicted molar refractivity (Wildman–Crippen MR) is 161 cm³/mol. The van der Waals surface area contributed by atoms with Gasteiger partial charge in [-0.15, -0.1) is 0 Å². The third-order valence-electron chi connectivity index (χ3n) is 8.59. The molecule has 0 radical (unpaired) electrons. The van der Waals surface area contributed by atoms with Crippen molar-refractivity contribution in [2.45, 2.75) is 57.0 Å². The molecule has 1 unspecified atom stereocenters. The van der Waals surface area contributed by atoms with E-state index in [1.54, 1.807) is 18.5 Å². The molecule has 1 N–H and O–H groups in total. The average Bonchev–Trinajstić information content (AvgIpc) is 3.67. The molecule has 230 valence electrons. The summed E-state index contributed by atoms with van der Waals surface area (Å²) in [4.78, 5) is 38.8. The highest BCUT2D eigenvalue weighted by molar-refractivity contribution is 5.92. The van der Waals surface area contributed by atoms with Crippen LogP contribution in [0.3, 0.4) is 0 Å². The van der Waals surface area contributed by atoms with Crippen molar-refractivity contribution < 1.29 is 22.8 Å². The summed E-state index contributed by atoms with van der Waals surface area (Å²) < 4.78 is 37.1. The fourth-order valence-electron chi connectivity index (χ4n) is 6.40. The summed E-state index contributed by atoms with van der Waals surface area (Å²) in [5.41, 5.74) is 2.20. The highest BCUT2D eigenvalue weighted by Crippen LogP contribution is 2.40. The summed E-state index contributed by atoms with van der Waals surface area (Å²) in [6.45, 7) is 2.92. The standard InChI is InChI=1S/C28H32FN5O2.C6H4F2/c1-20-19-33(14-11-29)28(9-3-4-10-28)27(36)34(20)13-6-7-21-15-22-16-23(17-24(22)31-18-21)26(35)32-25-8-2-5-12-30-25;7-5-2-1-3-6(8)4-5/h2,5,8,12,15,18,20,23H,3-4,9-11,13-14,16-17,19H2,1H3,(H,30,32,35);1-4H/t20?,23-;/m0./s1. The van der Waals surface area contributed by atoms with Crippen LogP contribution in [0.2, 0.25) is 0 Å². The molecule has 1 saturated heterocycles. The average molecular weight is 604 g/mol. The van der Waals surface area contributed by atoms with Gasteiger partial charge >= 0.3 is 0 Å². The largest absolute Gasteiger partial charge is 0.326 e. The zero-order valence-electron chi connectivity index (χ0n) is 24.7. The Labute approximate surface area is 255 Å². The zero-order valence-corrected chi connectivity index (χ0v) is 24.7. The van der Waals surface area contributed by atoms with Crippen molar-refractivity contribution in [3.8, 4) is 11.8 Å². The smallest absolute Gasteiger partial charge is 0.244 e. The summed E-state index contributed by atoms with van der Waals surface area (Å²) in [5.74, 6) is 5.68. The quantitative estimate of drug-likeness (QED) is 0.417. The molecular weight excluding hydrogens is 567 g/mol. The third kappa shape index (κ3) is 7.11. The first-order valence-corrected chi connectivity index (χ1v) is 15.0. The van der Waals surface area contributed by atoms with Crippen molar-refractivity contribution in [2.24, 2.45) is 5.92 Å². The fraction of sp³-hybridized carbons (Fsp3) is 0.412. The summed E-state index contributed by atoms with van der Waals surface area (Å²) in [6.07, 6.45) is 8.21. The van der Waals surface area contributed by atoms with Crippen LogP contribution in [-0.4, -0.2) is 69.5 Å². The Hall–Kier alpha value is -4.23. The van der Waals surface area contributed by atoms with Gasteiger partial charge < -0.3 is 10.2 Å². The minimum atomic E-state index is -0.555. The molecule has 1 aromatic carbocycles. The van der Waals surface area contributed by atoms with Gasteiger partial charge in [0.15, 0.2) is 0 Å². The Morgan fingerprint density at radius 2 is 1.84 bits per heavy atom. The second-order valence-electron chi connectivity index (χ2n) is 11.5. The molecule has 2 fully saturated rings. The number of aromatic nitrogens is 2. The van der Waals surface area contributed by atoms with Gasteiger partial charge in [0.1, 0.15) is 29.7 Å². The van der Waals surface area contributed by atoms with Gasteiger partial charge in [-0.1, -0.05) is 36.8 Å². The number of benzene rings is 1. The Morgan fingerprint density at radius 1 is 1.07 bits per heavy atom. The molecule has 3 heterocycles. The SMILES string of the molecule is CC1CN(CCF)C2(CCCC2)C(=O)N1CC#Cc1cnc2c(c1)C[C@H](C(=O)Nc1ccccn1)C2.Fc1cccc(F)c1. The molecule has 7 nitrogen and oxygen atoms in total. The van der Waals surface area contributed by atoms with E-state index in [9.17, 15) is 22.8 Å². The van der Waals surface area contributed by atoms with Gasteiger partial charge in [0.2, 0.25) is 11.8 Å². The molecule has 10 heteroatoms. The van der Waals surface area contributed by atoms with E-state index in [-0.39, 0.29) is 23.8 Å². The zero-order chi connectivity index (χ0) is 31.1. The summed E-state index contributed by atoms with van der Waals surface area (Å²) in [5, 5.41) is 2.88. The number of nitrogens with one attached hydrogen (secondary N) is 1. The van der Waals surface area contributed by atoms with Crippen LogP contribution < -0.4 is 5.32 Å². The number of anilines is 1. The highest BCUT2D eigenvalue weighted by atomic mass is 19.1. The molecule has 44 heavy (non-hydrogen) atoms. The molecule has 3 aliphatic rings. The van der Waals surface area contributed by atoms with E-state index >= 15 is 0 Å². The first-order chi connectivity index (χ1) is 21.3. The first-order valence-electron chi connectivity index (χ1n) is 15.0. The highest BCUT2D eigenvalue weighted by Gasteiger charge is 2.52. The number of fused-ring (bicyclic) bond motifs is 1. The number of carbonyl (C=O) groups is 2. The molecule has 2 amide bonds. The fourth-order valence-corrected chi connectivity index (χ4v) is 6.40. The molecule has 1 saturated carbocycles. The maximum atomic E-state index is 13.5. The van der Waals surface area contributed by atoms with E-state index in [0.29, 0.717) is 38.3 Å². The van der Waals surface area contributed by atoms with E-state index in [1.807, 2.05) is 30.0 Å². The van der Waals surface area contributed by atoms with Crippen LogP contribution in [0.15, 0.2) is 60.9 Å². The maximum absolute atomic E-state index is 13.5. The lowest BCUT2D eigenvalue weighted by Crippen LogP contribution is -2.67. The Balaban J connectivity index is 0.000000418. The van der Waals surface area contributed by atoms with Gasteiger partial charge in [-0.05, 0) is 62.1 Å². The van der Waals surface area contributed by atoms with Crippen molar-refractivity contribution in [1.82, 2.24) is 19.8 Å². The van der Waals surface area contributed by atoms with Crippen LogP contribution in [0, 0.1) is 29.4 Å². The number of rotatable bonds is 5. The summed E-state index contributed by atoms with van der Waals surface area (Å²) in [6, 6.07) is 12.0. The lowest BCUT2D eigenvalue weighted by molar-refractivity contribution is -0.154. The third-order valence-corrected chi connectivity index (χ3v) is 8.59. The monoisotopic (exact) mass is 603 g/mol. The number of pyridine rings is 2. The first kappa shape index (κ1) is 31.2. The van der Waals surface area contributed by atoms with Gasteiger partial charge in [-0.2, -0.15) is 0 Å². The van der Waals surface area contributed by atoms with Gasteiger partial charge in [0.05, 0.1) is 6.54 Å². The second-order valence-corrected chi connectivity index (χ2v) is 11.5. The Bertz CT molecular complexity index is 1520. The van der Waals surface area contributed by atoms with E-state index in [0.717, 1.165) is 48.6 Å². The van der Waals surface area contributed by atoms with Crippen LogP contribution in [0.1, 0.15) is 49.4 Å². The molecule has 1 aliphatic heterocycles. The lowest BCUT2D eigenvalue weighted by Gasteiger charge is -2.50. The molecule has 3 aromatic rings. The van der Waals surface area contributed by atoms with E-state index < -0.39 is 23.8 Å². The summed E-state index contributed by atoms with van der Waals surface area (Å²) in [7, 11) is 0. The number of nitrogens with zero attached hydrogens (tertiary/aromatic N) is 4. The number of hydrogen-bond acceptors (Lipinski definition) is 5. The Morgan fingerprint density at radius 3 is 2.50 bits per heavy atom. The number of hydrogen-bond donors (Lipinski definition) is 1. The van der Waals surface area contributed by atoms with Crippen molar-refractivity contribution in [1.29, 1.82) is 0 Å². The van der Waals surface area contributed by atoms with Crippen LogP contribution in [-0.2, 0) is 22.4 Å². The van der Waals surface area contributed by atoms with Gasteiger partial charge in [0.25, 0.3) is 0 Å². The molecule has 2 aliphatic carbocycles. The number of carbonyl (C=O) groups excluding carboxylic acids is 2. The number of alkyl halides is 1. The minimum Gasteiger partial charge on any atom is -0.326 e. The number of amides is 2. The number of halogens is 3. The van der Waals surface area contributed by atoms with Crippen molar-refractivity contribution >= 4 is 17.6 Å². The second kappa shape index (κ2) is 14.0. The molecule has 6 rings (SSSR count). The molecule has 1 spiro atoms. The van der Waals surface area contributed by atoms with Crippen molar-refractivity contribution in [2.75, 3.05) is 31.6 Å². The molecule has 2 atom stereocenters. The van der Waals surface area contributed by atoms with E-state index in [4.69, 9.17) is 0 Å². The van der Waals surface area contributed by atoms with Crippen molar-refractivity contribution in [3.05, 3.63) is 89.4 Å². The van der Waals surface area contributed by atoms with Crippen molar-refractivity contribution in [3.63, 3.8) is 0 Å². The maximum Gasteiger partial charge on any atom is 0.244 e. The van der Waals surface area contributed by atoms with Crippen LogP contribution >= 0.6 is 0 Å². The van der Waals surface area contributed by atoms with Crippen LogP contribution in [0.25, 0.3) is 0 Å². The van der Waals surface area contributed by atoms with Crippen LogP contribution in [0.4, 0.5) is 19.0 Å². The lowest BCUT2D eigenvalue weighted by atomic mass is 9.88.